The Hall–Kier alpha value is -2.13. The van der Waals surface area contributed by atoms with Crippen molar-refractivity contribution < 1.29 is 22.7 Å². The zero-order valence-corrected chi connectivity index (χ0v) is 16.9. The molecule has 0 radical (unpaired) electrons. The highest BCUT2D eigenvalue weighted by Gasteiger charge is 2.27. The minimum Gasteiger partial charge on any atom is -0.497 e. The average molecular weight is 425 g/mol. The number of nitrogens with one attached hydrogen (secondary N) is 1. The van der Waals surface area contributed by atoms with Gasteiger partial charge in [-0.25, -0.2) is 8.42 Å². The number of hydrogen-bond acceptors (Lipinski definition) is 5. The number of amides is 1. The molecule has 1 amide bonds. The van der Waals surface area contributed by atoms with Crippen molar-refractivity contribution in [2.45, 2.75) is 11.4 Å². The van der Waals surface area contributed by atoms with E-state index in [0.29, 0.717) is 13.2 Å². The van der Waals surface area contributed by atoms with Crippen LogP contribution >= 0.6 is 11.6 Å². The van der Waals surface area contributed by atoms with Crippen LogP contribution in [0.2, 0.25) is 5.02 Å². The first kappa shape index (κ1) is 20.6. The van der Waals surface area contributed by atoms with Crippen molar-refractivity contribution >= 4 is 27.5 Å². The number of carbonyl (C=O) groups excluding carboxylic acids is 1. The third-order valence-corrected chi connectivity index (χ3v) is 6.63. The van der Waals surface area contributed by atoms with Crippen LogP contribution in [0.1, 0.15) is 15.9 Å². The predicted octanol–water partition coefficient (Wildman–Crippen LogP) is 2.30. The Balaban J connectivity index is 1.75. The van der Waals surface area contributed by atoms with Gasteiger partial charge in [-0.2, -0.15) is 4.31 Å². The first-order valence-electron chi connectivity index (χ1n) is 8.70. The SMILES string of the molecule is COc1ccc(CNC(=O)c2cc(S(=O)(=O)N3CCOCC3)ccc2Cl)cc1. The van der Waals surface area contributed by atoms with Crippen molar-refractivity contribution in [1.29, 1.82) is 0 Å². The van der Waals surface area contributed by atoms with E-state index in [4.69, 9.17) is 21.1 Å². The van der Waals surface area contributed by atoms with Crippen LogP contribution in [-0.2, 0) is 21.3 Å². The van der Waals surface area contributed by atoms with Crippen LogP contribution in [0.15, 0.2) is 47.4 Å². The summed E-state index contributed by atoms with van der Waals surface area (Å²) in [5, 5.41) is 2.95. The number of hydrogen-bond donors (Lipinski definition) is 1. The van der Waals surface area contributed by atoms with E-state index in [1.165, 1.54) is 22.5 Å². The van der Waals surface area contributed by atoms with E-state index in [-0.39, 0.29) is 35.1 Å². The highest BCUT2D eigenvalue weighted by atomic mass is 35.5. The van der Waals surface area contributed by atoms with Crippen molar-refractivity contribution in [1.82, 2.24) is 9.62 Å². The molecule has 0 aromatic heterocycles. The molecule has 150 valence electrons. The second-order valence-corrected chi connectivity index (χ2v) is 8.53. The van der Waals surface area contributed by atoms with Crippen LogP contribution in [0.4, 0.5) is 0 Å². The van der Waals surface area contributed by atoms with Gasteiger partial charge in [0.2, 0.25) is 10.0 Å². The molecule has 9 heteroatoms. The van der Waals surface area contributed by atoms with E-state index in [1.807, 2.05) is 12.1 Å². The van der Waals surface area contributed by atoms with Crippen LogP contribution in [0, 0.1) is 0 Å². The zero-order chi connectivity index (χ0) is 20.1. The molecule has 0 aliphatic carbocycles. The van der Waals surface area contributed by atoms with E-state index in [9.17, 15) is 13.2 Å². The lowest BCUT2D eigenvalue weighted by Crippen LogP contribution is -2.40. The van der Waals surface area contributed by atoms with E-state index in [0.717, 1.165) is 11.3 Å². The van der Waals surface area contributed by atoms with Crippen molar-refractivity contribution in [3.8, 4) is 5.75 Å². The number of methoxy groups -OCH3 is 1. The summed E-state index contributed by atoms with van der Waals surface area (Å²) in [7, 11) is -2.13. The number of morpholine rings is 1. The van der Waals surface area contributed by atoms with Crippen LogP contribution in [-0.4, -0.2) is 52.0 Å². The summed E-state index contributed by atoms with van der Waals surface area (Å²) in [6.45, 7) is 1.54. The Labute approximate surface area is 169 Å². The second-order valence-electron chi connectivity index (χ2n) is 6.19. The van der Waals surface area contributed by atoms with Gasteiger partial charge in [-0.15, -0.1) is 0 Å². The van der Waals surface area contributed by atoms with Crippen LogP contribution in [0.3, 0.4) is 0 Å². The Morgan fingerprint density at radius 3 is 2.50 bits per heavy atom. The summed E-state index contributed by atoms with van der Waals surface area (Å²) in [5.74, 6) is 0.277. The molecular weight excluding hydrogens is 404 g/mol. The summed E-state index contributed by atoms with van der Waals surface area (Å²) in [4.78, 5) is 12.6. The molecule has 1 heterocycles. The molecule has 3 rings (SSSR count). The lowest BCUT2D eigenvalue weighted by Gasteiger charge is -2.26. The number of rotatable bonds is 6. The lowest BCUT2D eigenvalue weighted by atomic mass is 10.2. The third-order valence-electron chi connectivity index (χ3n) is 4.40. The predicted molar refractivity (Wildman–Crippen MR) is 105 cm³/mol. The molecule has 28 heavy (non-hydrogen) atoms. The van der Waals surface area contributed by atoms with Gasteiger partial charge in [0.25, 0.3) is 5.91 Å². The first-order valence-corrected chi connectivity index (χ1v) is 10.5. The normalized spacial score (nSPS) is 15.2. The highest BCUT2D eigenvalue weighted by molar-refractivity contribution is 7.89. The van der Waals surface area contributed by atoms with Gasteiger partial charge < -0.3 is 14.8 Å². The van der Waals surface area contributed by atoms with Gasteiger partial charge in [0.05, 0.1) is 35.8 Å². The van der Waals surface area contributed by atoms with E-state index in [2.05, 4.69) is 5.32 Å². The van der Waals surface area contributed by atoms with Crippen LogP contribution in [0.25, 0.3) is 0 Å². The minimum atomic E-state index is -3.71. The summed E-state index contributed by atoms with van der Waals surface area (Å²) in [6, 6.07) is 11.4. The fourth-order valence-corrected chi connectivity index (χ4v) is 4.43. The standard InChI is InChI=1S/C19H21ClN2O5S/c1-26-15-4-2-14(3-5-15)13-21-19(23)17-12-16(6-7-18(17)20)28(24,25)22-8-10-27-11-9-22/h2-7,12H,8-11,13H2,1H3,(H,21,23). The number of benzene rings is 2. The molecule has 2 aromatic carbocycles. The fourth-order valence-electron chi connectivity index (χ4n) is 2.80. The quantitative estimate of drug-likeness (QED) is 0.769. The molecule has 0 bridgehead atoms. The van der Waals surface area contributed by atoms with Gasteiger partial charge in [-0.1, -0.05) is 23.7 Å². The third kappa shape index (κ3) is 4.64. The molecule has 1 aliphatic heterocycles. The maximum absolute atomic E-state index is 12.8. The second kappa shape index (κ2) is 8.91. The molecule has 0 saturated carbocycles. The molecule has 0 atom stereocenters. The molecule has 1 saturated heterocycles. The van der Waals surface area contributed by atoms with Gasteiger partial charge in [-0.3, -0.25) is 4.79 Å². The largest absolute Gasteiger partial charge is 0.497 e. The van der Waals surface area contributed by atoms with Crippen molar-refractivity contribution in [3.05, 3.63) is 58.6 Å². The molecule has 1 aliphatic rings. The Morgan fingerprint density at radius 2 is 1.86 bits per heavy atom. The van der Waals surface area contributed by atoms with Gasteiger partial charge in [0.1, 0.15) is 5.75 Å². The van der Waals surface area contributed by atoms with Gasteiger partial charge in [0, 0.05) is 19.6 Å². The highest BCUT2D eigenvalue weighted by Crippen LogP contribution is 2.24. The van der Waals surface area contributed by atoms with E-state index >= 15 is 0 Å². The molecule has 1 N–H and O–H groups in total. The summed E-state index contributed by atoms with van der Waals surface area (Å²) in [5.41, 5.74) is 0.992. The topological polar surface area (TPSA) is 84.9 Å². The fraction of sp³-hybridized carbons (Fsp3) is 0.316. The molecule has 1 fully saturated rings. The van der Waals surface area contributed by atoms with Crippen LogP contribution < -0.4 is 10.1 Å². The Bertz CT molecular complexity index is 941. The average Bonchev–Trinajstić information content (AvgIpc) is 2.73. The minimum absolute atomic E-state index is 0.0356. The molecule has 7 nitrogen and oxygen atoms in total. The lowest BCUT2D eigenvalue weighted by molar-refractivity contribution is 0.0730. The zero-order valence-electron chi connectivity index (χ0n) is 15.4. The van der Waals surface area contributed by atoms with Gasteiger partial charge in [-0.05, 0) is 35.9 Å². The summed E-state index contributed by atoms with van der Waals surface area (Å²) >= 11 is 6.14. The Kier molecular flexibility index (Phi) is 6.56. The molecular formula is C19H21ClN2O5S. The maximum atomic E-state index is 12.8. The summed E-state index contributed by atoms with van der Waals surface area (Å²) in [6.07, 6.45) is 0. The maximum Gasteiger partial charge on any atom is 0.253 e. The number of sulfonamides is 1. The van der Waals surface area contributed by atoms with Gasteiger partial charge in [0.15, 0.2) is 0 Å². The monoisotopic (exact) mass is 424 g/mol. The molecule has 0 unspecified atom stereocenters. The van der Waals surface area contributed by atoms with Gasteiger partial charge >= 0.3 is 0 Å². The van der Waals surface area contributed by atoms with E-state index < -0.39 is 15.9 Å². The summed E-state index contributed by atoms with van der Waals surface area (Å²) < 4.78 is 37.2. The molecule has 2 aromatic rings. The van der Waals surface area contributed by atoms with Crippen molar-refractivity contribution in [3.63, 3.8) is 0 Å². The van der Waals surface area contributed by atoms with Crippen molar-refractivity contribution in [2.75, 3.05) is 33.4 Å². The molecule has 0 spiro atoms. The smallest absolute Gasteiger partial charge is 0.253 e. The number of halogens is 1. The number of carbonyl (C=O) groups is 1. The van der Waals surface area contributed by atoms with E-state index in [1.54, 1.807) is 19.2 Å². The number of ether oxygens (including phenoxy) is 2. The van der Waals surface area contributed by atoms with Crippen LogP contribution in [0.5, 0.6) is 5.75 Å². The first-order chi connectivity index (χ1) is 13.4. The number of nitrogens with zero attached hydrogens (tertiary/aromatic N) is 1. The Morgan fingerprint density at radius 1 is 1.18 bits per heavy atom. The van der Waals surface area contributed by atoms with Crippen molar-refractivity contribution in [2.24, 2.45) is 0 Å².